The molecule has 2 nitrogen and oxygen atoms in total. The molecule has 72 valence electrons. The summed E-state index contributed by atoms with van der Waals surface area (Å²) in [6.07, 6.45) is 0.632. The van der Waals surface area contributed by atoms with E-state index in [1.165, 1.54) is 0 Å². The van der Waals surface area contributed by atoms with E-state index in [0.29, 0.717) is 13.0 Å². The molecule has 0 radical (unpaired) electrons. The highest BCUT2D eigenvalue weighted by atomic mass is 19.1. The topological polar surface area (TPSA) is 46.2 Å². The van der Waals surface area contributed by atoms with Crippen LogP contribution in [0.25, 0.3) is 0 Å². The lowest BCUT2D eigenvalue weighted by molar-refractivity contribution is 0.365. The Kier molecular flexibility index (Phi) is 3.71. The average molecular weight is 183 g/mol. The summed E-state index contributed by atoms with van der Waals surface area (Å²) in [6.45, 7) is -0.0330. The molecule has 1 aromatic rings. The van der Waals surface area contributed by atoms with Crippen LogP contribution in [0.1, 0.15) is 5.56 Å². The van der Waals surface area contributed by atoms with Gasteiger partial charge in [-0.15, -0.1) is 0 Å². The highest BCUT2D eigenvalue weighted by molar-refractivity contribution is 5.26. The fourth-order valence-electron chi connectivity index (χ4n) is 1.17. The number of hydrogen-bond donors (Lipinski definition) is 2. The molecule has 0 heterocycles. The summed E-state index contributed by atoms with van der Waals surface area (Å²) in [7, 11) is 0. The second-order valence-electron chi connectivity index (χ2n) is 3.13. The van der Waals surface area contributed by atoms with Crippen molar-refractivity contribution in [3.05, 3.63) is 29.8 Å². The van der Waals surface area contributed by atoms with E-state index in [-0.39, 0.29) is 11.7 Å². The predicted octanol–water partition coefficient (Wildman–Crippen LogP) is 1.48. The Labute approximate surface area is 77.2 Å². The fraction of sp³-hybridized carbons (Fsp3) is 0.400. The van der Waals surface area contributed by atoms with Crippen LogP contribution < -0.4 is 5.73 Å². The molecule has 3 N–H and O–H groups in total. The fourth-order valence-corrected chi connectivity index (χ4v) is 1.17. The maximum Gasteiger partial charge on any atom is 0.115 e. The molecule has 0 amide bonds. The molecule has 1 unspecified atom stereocenters. The summed E-state index contributed by atoms with van der Waals surface area (Å²) in [5.41, 5.74) is 6.38. The van der Waals surface area contributed by atoms with Gasteiger partial charge in [-0.05, 0) is 30.7 Å². The first-order chi connectivity index (χ1) is 6.26. The Morgan fingerprint density at radius 2 is 1.92 bits per heavy atom. The molecule has 0 saturated heterocycles. The van der Waals surface area contributed by atoms with Gasteiger partial charge in [0.25, 0.3) is 0 Å². The van der Waals surface area contributed by atoms with Crippen molar-refractivity contribution in [1.29, 1.82) is 0 Å². The van der Waals surface area contributed by atoms with Crippen LogP contribution in [0.2, 0.25) is 0 Å². The molecule has 0 saturated carbocycles. The third-order valence-electron chi connectivity index (χ3n) is 2.01. The second-order valence-corrected chi connectivity index (χ2v) is 3.13. The first kappa shape index (κ1) is 9.99. The van der Waals surface area contributed by atoms with Gasteiger partial charge in [-0.3, -0.25) is 4.39 Å². The van der Waals surface area contributed by atoms with Gasteiger partial charge >= 0.3 is 0 Å². The van der Waals surface area contributed by atoms with E-state index in [2.05, 4.69) is 0 Å². The summed E-state index contributed by atoms with van der Waals surface area (Å²) >= 11 is 0. The molecule has 0 bridgehead atoms. The molecular formula is C10H14FNO. The van der Waals surface area contributed by atoms with Gasteiger partial charge in [0.1, 0.15) is 5.75 Å². The molecule has 0 aromatic heterocycles. The number of nitrogens with two attached hydrogens (primary N) is 1. The van der Waals surface area contributed by atoms with Crippen LogP contribution in [0.4, 0.5) is 4.39 Å². The van der Waals surface area contributed by atoms with Gasteiger partial charge < -0.3 is 10.8 Å². The molecule has 0 aliphatic carbocycles. The summed E-state index contributed by atoms with van der Waals surface area (Å²) in [5, 5.41) is 9.01. The Hall–Kier alpha value is -1.09. The lowest BCUT2D eigenvalue weighted by Gasteiger charge is -2.09. The van der Waals surface area contributed by atoms with Crippen molar-refractivity contribution in [2.75, 3.05) is 13.2 Å². The molecule has 0 aliphatic heterocycles. The Morgan fingerprint density at radius 3 is 2.38 bits per heavy atom. The van der Waals surface area contributed by atoms with Gasteiger partial charge in [0, 0.05) is 5.92 Å². The Bertz CT molecular complexity index is 244. The van der Waals surface area contributed by atoms with Gasteiger partial charge in [-0.25, -0.2) is 0 Å². The van der Waals surface area contributed by atoms with Crippen molar-refractivity contribution in [2.45, 2.75) is 6.42 Å². The van der Waals surface area contributed by atoms with Crippen LogP contribution in [0.15, 0.2) is 24.3 Å². The largest absolute Gasteiger partial charge is 0.508 e. The highest BCUT2D eigenvalue weighted by Crippen LogP contribution is 2.13. The molecule has 0 aliphatic rings. The quantitative estimate of drug-likeness (QED) is 0.742. The normalized spacial score (nSPS) is 12.8. The zero-order chi connectivity index (χ0) is 9.68. The van der Waals surface area contributed by atoms with Crippen LogP contribution in [-0.2, 0) is 6.42 Å². The monoisotopic (exact) mass is 183 g/mol. The van der Waals surface area contributed by atoms with Crippen LogP contribution in [-0.4, -0.2) is 18.3 Å². The molecule has 1 atom stereocenters. The Morgan fingerprint density at radius 1 is 1.31 bits per heavy atom. The number of hydrogen-bond acceptors (Lipinski definition) is 2. The number of phenolic OH excluding ortho intramolecular Hbond substituents is 1. The molecule has 0 fully saturated rings. The number of halogens is 1. The van der Waals surface area contributed by atoms with Gasteiger partial charge in [0.05, 0.1) is 6.67 Å². The number of benzene rings is 1. The summed E-state index contributed by atoms with van der Waals surface area (Å²) in [5.74, 6) is 0.123. The number of alkyl halides is 1. The zero-order valence-electron chi connectivity index (χ0n) is 7.41. The van der Waals surface area contributed by atoms with Crippen molar-refractivity contribution in [3.8, 4) is 5.75 Å². The third-order valence-corrected chi connectivity index (χ3v) is 2.01. The number of rotatable bonds is 4. The third kappa shape index (κ3) is 3.03. The first-order valence-corrected chi connectivity index (χ1v) is 4.30. The van der Waals surface area contributed by atoms with Gasteiger partial charge in [-0.1, -0.05) is 12.1 Å². The SMILES string of the molecule is NCC(CF)Cc1ccc(O)cc1. The summed E-state index contributed by atoms with van der Waals surface area (Å²) < 4.78 is 12.3. The standard InChI is InChI=1S/C10H14FNO/c11-6-9(7-12)5-8-1-3-10(13)4-2-8/h1-4,9,13H,5-7,12H2. The van der Waals surface area contributed by atoms with Crippen LogP contribution >= 0.6 is 0 Å². The lowest BCUT2D eigenvalue weighted by Crippen LogP contribution is -2.18. The minimum atomic E-state index is -0.391. The van der Waals surface area contributed by atoms with Crippen LogP contribution in [0.3, 0.4) is 0 Å². The number of phenols is 1. The molecular weight excluding hydrogens is 169 g/mol. The number of aromatic hydroxyl groups is 1. The van der Waals surface area contributed by atoms with Gasteiger partial charge in [-0.2, -0.15) is 0 Å². The van der Waals surface area contributed by atoms with E-state index in [1.54, 1.807) is 24.3 Å². The zero-order valence-corrected chi connectivity index (χ0v) is 7.41. The minimum Gasteiger partial charge on any atom is -0.508 e. The lowest BCUT2D eigenvalue weighted by atomic mass is 10.0. The summed E-state index contributed by atoms with van der Waals surface area (Å²) in [4.78, 5) is 0. The van der Waals surface area contributed by atoms with Gasteiger partial charge in [0.15, 0.2) is 0 Å². The van der Waals surface area contributed by atoms with Crippen LogP contribution in [0, 0.1) is 5.92 Å². The molecule has 3 heteroatoms. The highest BCUT2D eigenvalue weighted by Gasteiger charge is 2.06. The van der Waals surface area contributed by atoms with E-state index in [0.717, 1.165) is 5.56 Å². The van der Waals surface area contributed by atoms with Crippen molar-refractivity contribution in [1.82, 2.24) is 0 Å². The molecule has 13 heavy (non-hydrogen) atoms. The van der Waals surface area contributed by atoms with E-state index in [1.807, 2.05) is 0 Å². The van der Waals surface area contributed by atoms with E-state index in [9.17, 15) is 4.39 Å². The van der Waals surface area contributed by atoms with E-state index >= 15 is 0 Å². The second kappa shape index (κ2) is 4.82. The molecule has 1 aromatic carbocycles. The molecule has 0 spiro atoms. The first-order valence-electron chi connectivity index (χ1n) is 4.30. The minimum absolute atomic E-state index is 0.107. The molecule has 1 rings (SSSR count). The van der Waals surface area contributed by atoms with E-state index in [4.69, 9.17) is 10.8 Å². The van der Waals surface area contributed by atoms with Crippen molar-refractivity contribution in [2.24, 2.45) is 11.7 Å². The maximum atomic E-state index is 12.3. The van der Waals surface area contributed by atoms with E-state index < -0.39 is 6.67 Å². The smallest absolute Gasteiger partial charge is 0.115 e. The van der Waals surface area contributed by atoms with Crippen molar-refractivity contribution < 1.29 is 9.50 Å². The van der Waals surface area contributed by atoms with Crippen molar-refractivity contribution >= 4 is 0 Å². The predicted molar refractivity (Wildman–Crippen MR) is 50.3 cm³/mol. The van der Waals surface area contributed by atoms with Crippen LogP contribution in [0.5, 0.6) is 5.75 Å². The Balaban J connectivity index is 2.58. The van der Waals surface area contributed by atoms with Crippen molar-refractivity contribution in [3.63, 3.8) is 0 Å². The van der Waals surface area contributed by atoms with Gasteiger partial charge in [0.2, 0.25) is 0 Å². The maximum absolute atomic E-state index is 12.3. The summed E-state index contributed by atoms with van der Waals surface area (Å²) in [6, 6.07) is 6.77. The average Bonchev–Trinajstić information content (AvgIpc) is 2.17.